The van der Waals surface area contributed by atoms with Gasteiger partial charge in [0.15, 0.2) is 0 Å². The van der Waals surface area contributed by atoms with Crippen LogP contribution in [0.4, 0.5) is 0 Å². The summed E-state index contributed by atoms with van der Waals surface area (Å²) in [5, 5.41) is 3.18. The van der Waals surface area contributed by atoms with Gasteiger partial charge in [-0.05, 0) is 12.8 Å². The second-order valence-electron chi connectivity index (χ2n) is 3.89. The molecule has 96 valence electrons. The van der Waals surface area contributed by atoms with Crippen LogP contribution in [-0.4, -0.2) is 49.7 Å². The molecule has 1 rings (SSSR count). The molecule has 0 spiro atoms. The van der Waals surface area contributed by atoms with E-state index in [4.69, 9.17) is 4.74 Å². The van der Waals surface area contributed by atoms with Crippen LogP contribution in [0.2, 0.25) is 0 Å². The summed E-state index contributed by atoms with van der Waals surface area (Å²) in [6.45, 7) is 8.02. The van der Waals surface area contributed by atoms with Crippen LogP contribution >= 0.6 is 12.4 Å². The maximum Gasteiger partial charge on any atom is 0.253 e. The number of carbonyl (C=O) groups excluding carboxylic acids is 1. The third-order valence-electron chi connectivity index (χ3n) is 2.50. The van der Waals surface area contributed by atoms with Crippen molar-refractivity contribution in [2.75, 3.05) is 32.8 Å². The average Bonchev–Trinajstić information content (AvgIpc) is 2.29. The Bertz CT molecular complexity index is 190. The van der Waals surface area contributed by atoms with E-state index in [0.717, 1.165) is 32.5 Å². The quantitative estimate of drug-likeness (QED) is 0.793. The second-order valence-corrected chi connectivity index (χ2v) is 3.89. The first-order valence-corrected chi connectivity index (χ1v) is 5.90. The molecule has 1 saturated heterocycles. The topological polar surface area (TPSA) is 41.6 Å². The summed E-state index contributed by atoms with van der Waals surface area (Å²) in [6, 6.07) is 0. The molecular formula is C11H23ClN2O2. The molecule has 0 radical (unpaired) electrons. The Hall–Kier alpha value is -0.320. The zero-order valence-corrected chi connectivity index (χ0v) is 11.0. The summed E-state index contributed by atoms with van der Waals surface area (Å²) in [5.74, 6) is 0.144. The number of rotatable bonds is 5. The largest absolute Gasteiger partial charge is 0.366 e. The van der Waals surface area contributed by atoms with Gasteiger partial charge in [-0.2, -0.15) is 0 Å². The van der Waals surface area contributed by atoms with Crippen molar-refractivity contribution in [3.63, 3.8) is 0 Å². The van der Waals surface area contributed by atoms with Crippen molar-refractivity contribution in [3.8, 4) is 0 Å². The van der Waals surface area contributed by atoms with E-state index in [1.165, 1.54) is 0 Å². The minimum absolute atomic E-state index is 0. The standard InChI is InChI=1S/C11H22N2O2.ClH/c1-3-6-13(7-4-2)11(14)10-9-12-5-8-15-10;/h10,12H,3-9H2,1-2H3;1H/t10-;/m1./s1. The summed E-state index contributed by atoms with van der Waals surface area (Å²) < 4.78 is 5.46. The number of halogens is 1. The maximum atomic E-state index is 12.0. The maximum absolute atomic E-state index is 12.0. The van der Waals surface area contributed by atoms with E-state index in [2.05, 4.69) is 19.2 Å². The molecule has 5 heteroatoms. The Balaban J connectivity index is 0.00000225. The van der Waals surface area contributed by atoms with Crippen molar-refractivity contribution in [2.24, 2.45) is 0 Å². The lowest BCUT2D eigenvalue weighted by molar-refractivity contribution is -0.145. The number of hydrogen-bond acceptors (Lipinski definition) is 3. The molecule has 16 heavy (non-hydrogen) atoms. The van der Waals surface area contributed by atoms with Gasteiger partial charge < -0.3 is 15.0 Å². The molecule has 1 fully saturated rings. The first kappa shape index (κ1) is 15.7. The molecule has 0 bridgehead atoms. The lowest BCUT2D eigenvalue weighted by Crippen LogP contribution is -2.49. The molecule has 4 nitrogen and oxygen atoms in total. The highest BCUT2D eigenvalue weighted by Gasteiger charge is 2.25. The number of nitrogens with one attached hydrogen (secondary N) is 1. The van der Waals surface area contributed by atoms with Gasteiger partial charge in [0.1, 0.15) is 6.10 Å². The van der Waals surface area contributed by atoms with Gasteiger partial charge in [-0.1, -0.05) is 13.8 Å². The fourth-order valence-corrected chi connectivity index (χ4v) is 1.80. The SMILES string of the molecule is CCCN(CCC)C(=O)[C@H]1CNCCO1.Cl. The van der Waals surface area contributed by atoms with Gasteiger partial charge in [0, 0.05) is 26.2 Å². The molecular weight excluding hydrogens is 228 g/mol. The van der Waals surface area contributed by atoms with Crippen LogP contribution in [0, 0.1) is 0 Å². The van der Waals surface area contributed by atoms with E-state index in [-0.39, 0.29) is 24.4 Å². The number of carbonyl (C=O) groups is 1. The first-order chi connectivity index (χ1) is 7.29. The van der Waals surface area contributed by atoms with Gasteiger partial charge in [0.05, 0.1) is 6.61 Å². The minimum atomic E-state index is -0.267. The summed E-state index contributed by atoms with van der Waals surface area (Å²) in [4.78, 5) is 14.0. The lowest BCUT2D eigenvalue weighted by Gasteiger charge is -2.29. The Kier molecular flexibility index (Phi) is 8.61. The highest BCUT2D eigenvalue weighted by molar-refractivity contribution is 5.85. The summed E-state index contributed by atoms with van der Waals surface area (Å²) in [6.07, 6.45) is 1.74. The molecule has 1 N–H and O–H groups in total. The Labute approximate surface area is 104 Å². The first-order valence-electron chi connectivity index (χ1n) is 5.90. The van der Waals surface area contributed by atoms with Crippen molar-refractivity contribution in [1.82, 2.24) is 10.2 Å². The van der Waals surface area contributed by atoms with Gasteiger partial charge in [0.2, 0.25) is 0 Å². The molecule has 0 aromatic carbocycles. The monoisotopic (exact) mass is 250 g/mol. The third kappa shape index (κ3) is 4.68. The molecule has 1 atom stereocenters. The molecule has 1 amide bonds. The lowest BCUT2D eigenvalue weighted by atomic mass is 10.2. The van der Waals surface area contributed by atoms with Gasteiger partial charge in [-0.3, -0.25) is 4.79 Å². The van der Waals surface area contributed by atoms with Gasteiger partial charge >= 0.3 is 0 Å². The van der Waals surface area contributed by atoms with Crippen LogP contribution in [0.5, 0.6) is 0 Å². The Morgan fingerprint density at radius 3 is 2.44 bits per heavy atom. The summed E-state index contributed by atoms with van der Waals surface area (Å²) >= 11 is 0. The summed E-state index contributed by atoms with van der Waals surface area (Å²) in [5.41, 5.74) is 0. The Morgan fingerprint density at radius 2 is 2.00 bits per heavy atom. The Morgan fingerprint density at radius 1 is 1.38 bits per heavy atom. The zero-order chi connectivity index (χ0) is 11.1. The normalized spacial score (nSPS) is 20.0. The molecule has 1 aliphatic heterocycles. The fraction of sp³-hybridized carbons (Fsp3) is 0.909. The smallest absolute Gasteiger partial charge is 0.253 e. The van der Waals surface area contributed by atoms with E-state index in [0.29, 0.717) is 13.2 Å². The van der Waals surface area contributed by atoms with Crippen molar-refractivity contribution < 1.29 is 9.53 Å². The van der Waals surface area contributed by atoms with Gasteiger partial charge in [-0.15, -0.1) is 12.4 Å². The molecule has 0 aromatic heterocycles. The molecule has 0 aliphatic carbocycles. The van der Waals surface area contributed by atoms with Crippen LogP contribution < -0.4 is 5.32 Å². The molecule has 1 aliphatic rings. The van der Waals surface area contributed by atoms with Gasteiger partial charge in [0.25, 0.3) is 5.91 Å². The number of ether oxygens (including phenoxy) is 1. The minimum Gasteiger partial charge on any atom is -0.366 e. The molecule has 0 saturated carbocycles. The van der Waals surface area contributed by atoms with E-state index in [1.807, 2.05) is 4.90 Å². The van der Waals surface area contributed by atoms with E-state index >= 15 is 0 Å². The average molecular weight is 251 g/mol. The molecule has 0 unspecified atom stereocenters. The third-order valence-corrected chi connectivity index (χ3v) is 2.50. The predicted molar refractivity (Wildman–Crippen MR) is 67.0 cm³/mol. The zero-order valence-electron chi connectivity index (χ0n) is 10.2. The number of nitrogens with zero attached hydrogens (tertiary/aromatic N) is 1. The van der Waals surface area contributed by atoms with E-state index < -0.39 is 0 Å². The van der Waals surface area contributed by atoms with Crippen molar-refractivity contribution >= 4 is 18.3 Å². The van der Waals surface area contributed by atoms with E-state index in [9.17, 15) is 4.79 Å². The second kappa shape index (κ2) is 8.79. The van der Waals surface area contributed by atoms with Crippen molar-refractivity contribution in [3.05, 3.63) is 0 Å². The van der Waals surface area contributed by atoms with Crippen molar-refractivity contribution in [1.29, 1.82) is 0 Å². The van der Waals surface area contributed by atoms with Crippen LogP contribution in [0.3, 0.4) is 0 Å². The highest BCUT2D eigenvalue weighted by atomic mass is 35.5. The van der Waals surface area contributed by atoms with Crippen molar-refractivity contribution in [2.45, 2.75) is 32.8 Å². The van der Waals surface area contributed by atoms with Crippen LogP contribution in [0.15, 0.2) is 0 Å². The van der Waals surface area contributed by atoms with Crippen LogP contribution in [-0.2, 0) is 9.53 Å². The molecule has 0 aromatic rings. The van der Waals surface area contributed by atoms with Crippen LogP contribution in [0.25, 0.3) is 0 Å². The highest BCUT2D eigenvalue weighted by Crippen LogP contribution is 2.04. The summed E-state index contributed by atoms with van der Waals surface area (Å²) in [7, 11) is 0. The van der Waals surface area contributed by atoms with Crippen LogP contribution in [0.1, 0.15) is 26.7 Å². The van der Waals surface area contributed by atoms with Gasteiger partial charge in [-0.25, -0.2) is 0 Å². The fourth-order valence-electron chi connectivity index (χ4n) is 1.80. The number of morpholine rings is 1. The molecule has 1 heterocycles. The number of amides is 1. The predicted octanol–water partition coefficient (Wildman–Crippen LogP) is 1.05. The number of hydrogen-bond donors (Lipinski definition) is 1. The van der Waals surface area contributed by atoms with E-state index in [1.54, 1.807) is 0 Å².